The lowest BCUT2D eigenvalue weighted by atomic mass is 9.62. The van der Waals surface area contributed by atoms with Gasteiger partial charge in [-0.25, -0.2) is 0 Å². The van der Waals surface area contributed by atoms with Crippen LogP contribution in [0.3, 0.4) is 0 Å². The van der Waals surface area contributed by atoms with E-state index < -0.39 is 6.10 Å². The van der Waals surface area contributed by atoms with Crippen LogP contribution >= 0.6 is 0 Å². The van der Waals surface area contributed by atoms with E-state index >= 15 is 0 Å². The standard InChI is InChI=1S/C24H28O2/c1-3-9-18-10-8-13-21(23(18)26)19-14-15-22(25)24(17-19,16-4-2)20-11-6-5-7-12-20/h3-6,8,10,13-15,17,20,22,25-26H,1-2,7,9,11-12,16H2. The number of benzene rings is 1. The van der Waals surface area contributed by atoms with Crippen LogP contribution in [0.2, 0.25) is 0 Å². The maximum absolute atomic E-state index is 10.9. The van der Waals surface area contributed by atoms with Crippen LogP contribution in [0.5, 0.6) is 5.75 Å². The number of rotatable bonds is 6. The fraction of sp³-hybridized carbons (Fsp3) is 0.333. The number of aliphatic hydroxyl groups is 1. The highest BCUT2D eigenvalue weighted by molar-refractivity contribution is 5.80. The fourth-order valence-electron chi connectivity index (χ4n) is 4.35. The lowest BCUT2D eigenvalue weighted by Crippen LogP contribution is -2.41. The molecule has 0 radical (unpaired) electrons. The minimum absolute atomic E-state index is 0.302. The van der Waals surface area contributed by atoms with Crippen LogP contribution in [0.15, 0.2) is 73.9 Å². The summed E-state index contributed by atoms with van der Waals surface area (Å²) in [5, 5.41) is 21.6. The van der Waals surface area contributed by atoms with E-state index in [1.54, 1.807) is 6.08 Å². The van der Waals surface area contributed by atoms with Crippen LogP contribution in [-0.2, 0) is 6.42 Å². The third-order valence-electron chi connectivity index (χ3n) is 5.75. The highest BCUT2D eigenvalue weighted by atomic mass is 16.3. The van der Waals surface area contributed by atoms with Gasteiger partial charge >= 0.3 is 0 Å². The third kappa shape index (κ3) is 3.34. The molecule has 0 amide bonds. The molecule has 3 unspecified atom stereocenters. The Morgan fingerprint density at radius 1 is 1.19 bits per heavy atom. The van der Waals surface area contributed by atoms with E-state index in [2.05, 4.69) is 31.4 Å². The molecule has 2 N–H and O–H groups in total. The van der Waals surface area contributed by atoms with E-state index in [4.69, 9.17) is 0 Å². The molecule has 0 saturated carbocycles. The normalized spacial score (nSPS) is 27.8. The summed E-state index contributed by atoms with van der Waals surface area (Å²) in [5.74, 6) is 0.662. The molecule has 2 aliphatic carbocycles. The van der Waals surface area contributed by atoms with Crippen molar-refractivity contribution in [2.45, 2.75) is 38.2 Å². The lowest BCUT2D eigenvalue weighted by molar-refractivity contribution is 0.0459. The average molecular weight is 348 g/mol. The van der Waals surface area contributed by atoms with Crippen molar-refractivity contribution in [3.63, 3.8) is 0 Å². The average Bonchev–Trinajstić information content (AvgIpc) is 2.66. The quantitative estimate of drug-likeness (QED) is 0.680. The summed E-state index contributed by atoms with van der Waals surface area (Å²) < 4.78 is 0. The van der Waals surface area contributed by atoms with Gasteiger partial charge in [0.25, 0.3) is 0 Å². The van der Waals surface area contributed by atoms with Crippen molar-refractivity contribution >= 4 is 5.57 Å². The van der Waals surface area contributed by atoms with Crippen LogP contribution in [0.1, 0.15) is 36.8 Å². The molecular weight excluding hydrogens is 320 g/mol. The van der Waals surface area contributed by atoms with Crippen molar-refractivity contribution in [3.8, 4) is 5.75 Å². The van der Waals surface area contributed by atoms with E-state index in [1.807, 2.05) is 36.4 Å². The predicted molar refractivity (Wildman–Crippen MR) is 109 cm³/mol. The van der Waals surface area contributed by atoms with Gasteiger partial charge in [0.05, 0.1) is 6.10 Å². The van der Waals surface area contributed by atoms with Crippen LogP contribution in [0.4, 0.5) is 0 Å². The Bertz CT molecular complexity index is 768. The van der Waals surface area contributed by atoms with Gasteiger partial charge < -0.3 is 10.2 Å². The largest absolute Gasteiger partial charge is 0.507 e. The summed E-state index contributed by atoms with van der Waals surface area (Å²) in [6.45, 7) is 7.71. The second-order valence-corrected chi connectivity index (χ2v) is 7.30. The summed E-state index contributed by atoms with van der Waals surface area (Å²) in [6.07, 6.45) is 18.0. The van der Waals surface area contributed by atoms with Crippen LogP contribution in [-0.4, -0.2) is 16.3 Å². The molecule has 0 heterocycles. The van der Waals surface area contributed by atoms with Gasteiger partial charge in [0, 0.05) is 11.0 Å². The molecule has 0 fully saturated rings. The topological polar surface area (TPSA) is 40.5 Å². The minimum atomic E-state index is -0.542. The molecule has 0 aliphatic heterocycles. The molecule has 0 aromatic heterocycles. The van der Waals surface area contributed by atoms with E-state index in [0.717, 1.165) is 36.0 Å². The van der Waals surface area contributed by atoms with E-state index in [-0.39, 0.29) is 5.41 Å². The van der Waals surface area contributed by atoms with Gasteiger partial charge in [0.1, 0.15) is 5.75 Å². The number of aromatic hydroxyl groups is 1. The molecule has 2 aliphatic rings. The smallest absolute Gasteiger partial charge is 0.126 e. The van der Waals surface area contributed by atoms with Crippen LogP contribution < -0.4 is 0 Å². The summed E-state index contributed by atoms with van der Waals surface area (Å²) in [5.41, 5.74) is 2.27. The highest BCUT2D eigenvalue weighted by Gasteiger charge is 2.42. The molecular formula is C24H28O2. The van der Waals surface area contributed by atoms with Gasteiger partial charge in [-0.05, 0) is 49.2 Å². The fourth-order valence-corrected chi connectivity index (χ4v) is 4.35. The molecule has 1 aromatic carbocycles. The molecule has 2 nitrogen and oxygen atoms in total. The first-order valence-electron chi connectivity index (χ1n) is 9.39. The SMILES string of the molecule is C=CCc1cccc(C2=CC(CC=C)(C3CC=CCC3)C(O)C=C2)c1O. The first-order valence-corrected chi connectivity index (χ1v) is 9.39. The number of phenols is 1. The van der Waals surface area contributed by atoms with Crippen molar-refractivity contribution in [1.82, 2.24) is 0 Å². The monoisotopic (exact) mass is 348 g/mol. The van der Waals surface area contributed by atoms with Crippen molar-refractivity contribution < 1.29 is 10.2 Å². The number of para-hydroxylation sites is 1. The molecule has 0 saturated heterocycles. The second kappa shape index (κ2) is 7.92. The van der Waals surface area contributed by atoms with E-state index in [1.165, 1.54) is 0 Å². The summed E-state index contributed by atoms with van der Waals surface area (Å²) in [4.78, 5) is 0. The maximum Gasteiger partial charge on any atom is 0.126 e. The molecule has 0 spiro atoms. The zero-order chi connectivity index (χ0) is 18.6. The number of hydrogen-bond donors (Lipinski definition) is 2. The zero-order valence-electron chi connectivity index (χ0n) is 15.3. The Labute approximate surface area is 156 Å². The Balaban J connectivity index is 2.07. The molecule has 3 atom stereocenters. The van der Waals surface area contributed by atoms with Crippen LogP contribution in [0.25, 0.3) is 5.57 Å². The van der Waals surface area contributed by atoms with Gasteiger partial charge in [-0.15, -0.1) is 13.2 Å². The zero-order valence-corrected chi connectivity index (χ0v) is 15.3. The Kier molecular flexibility index (Phi) is 5.63. The molecule has 3 rings (SSSR count). The van der Waals surface area contributed by atoms with Gasteiger partial charge in [-0.2, -0.15) is 0 Å². The third-order valence-corrected chi connectivity index (χ3v) is 5.75. The highest BCUT2D eigenvalue weighted by Crippen LogP contribution is 2.48. The number of allylic oxidation sites excluding steroid dienone is 6. The van der Waals surface area contributed by atoms with Gasteiger partial charge in [0.15, 0.2) is 0 Å². The molecule has 26 heavy (non-hydrogen) atoms. The first kappa shape index (κ1) is 18.5. The first-order chi connectivity index (χ1) is 12.6. The Morgan fingerprint density at radius 2 is 2.04 bits per heavy atom. The maximum atomic E-state index is 10.9. The van der Waals surface area contributed by atoms with Crippen molar-refractivity contribution in [1.29, 1.82) is 0 Å². The van der Waals surface area contributed by atoms with E-state index in [0.29, 0.717) is 24.5 Å². The Morgan fingerprint density at radius 3 is 2.73 bits per heavy atom. The second-order valence-electron chi connectivity index (χ2n) is 7.30. The van der Waals surface area contributed by atoms with Gasteiger partial charge in [-0.1, -0.05) is 60.7 Å². The molecule has 2 heteroatoms. The number of phenolic OH excluding ortho intramolecular Hbond substituents is 1. The Hall–Kier alpha value is -2.32. The summed E-state index contributed by atoms with van der Waals surface area (Å²) >= 11 is 0. The lowest BCUT2D eigenvalue weighted by Gasteiger charge is -2.44. The van der Waals surface area contributed by atoms with Crippen molar-refractivity contribution in [2.24, 2.45) is 11.3 Å². The molecule has 136 valence electrons. The van der Waals surface area contributed by atoms with Crippen molar-refractivity contribution in [3.05, 3.63) is 85.0 Å². The van der Waals surface area contributed by atoms with E-state index in [9.17, 15) is 10.2 Å². The van der Waals surface area contributed by atoms with Gasteiger partial charge in [-0.3, -0.25) is 0 Å². The number of hydrogen-bond acceptors (Lipinski definition) is 2. The van der Waals surface area contributed by atoms with Gasteiger partial charge in [0.2, 0.25) is 0 Å². The van der Waals surface area contributed by atoms with Crippen LogP contribution in [0, 0.1) is 11.3 Å². The summed E-state index contributed by atoms with van der Waals surface area (Å²) in [7, 11) is 0. The molecule has 1 aromatic rings. The van der Waals surface area contributed by atoms with Crippen molar-refractivity contribution in [2.75, 3.05) is 0 Å². The minimum Gasteiger partial charge on any atom is -0.507 e. The predicted octanol–water partition coefficient (Wildman–Crippen LogP) is 5.35. The number of aliphatic hydroxyl groups excluding tert-OH is 1. The molecule has 0 bridgehead atoms. The summed E-state index contributed by atoms with van der Waals surface area (Å²) in [6, 6.07) is 5.83.